The van der Waals surface area contributed by atoms with Gasteiger partial charge in [0.1, 0.15) is 11.2 Å². The molecule has 0 radical (unpaired) electrons. The number of methoxy groups -OCH3 is 1. The summed E-state index contributed by atoms with van der Waals surface area (Å²) in [5.74, 6) is -2.47. The molecule has 2 N–H and O–H groups in total. The van der Waals surface area contributed by atoms with Crippen LogP contribution >= 0.6 is 0 Å². The first-order valence-corrected chi connectivity index (χ1v) is 11.6. The Morgan fingerprint density at radius 2 is 1.91 bits per heavy atom. The number of sulfonamides is 1. The molecule has 1 aromatic heterocycles. The molecule has 0 bridgehead atoms. The summed E-state index contributed by atoms with van der Waals surface area (Å²) in [6.07, 6.45) is -1.29. The van der Waals surface area contributed by atoms with Crippen molar-refractivity contribution in [3.63, 3.8) is 0 Å². The molecule has 1 aliphatic carbocycles. The Bertz CT molecular complexity index is 1160. The lowest BCUT2D eigenvalue weighted by molar-refractivity contribution is -0.192. The topological polar surface area (TPSA) is 131 Å². The summed E-state index contributed by atoms with van der Waals surface area (Å²) in [6.45, 7) is 1.15. The Balaban J connectivity index is 0.000000406. The van der Waals surface area contributed by atoms with E-state index in [0.29, 0.717) is 23.8 Å². The van der Waals surface area contributed by atoms with E-state index < -0.39 is 22.2 Å². The molecule has 186 valence electrons. The molecule has 10 nitrogen and oxygen atoms in total. The number of imidazole rings is 1. The van der Waals surface area contributed by atoms with Gasteiger partial charge >= 0.3 is 12.1 Å². The normalized spacial score (nSPS) is 16.9. The standard InChI is InChI=1S/C18H22N4O4S.C2HF3O2/c1-26-9-8-21-11-15-17(18(23)19-10-13-6-7-13)20-12-22(15)14-4-2-3-5-16(14)27(21,24)25;3-2(4,5)1(6)7/h2-5,12-13H,6-11H2,1H3,(H,19,23);(H,6,7). The van der Waals surface area contributed by atoms with E-state index in [-0.39, 0.29) is 36.2 Å². The van der Waals surface area contributed by atoms with Gasteiger partial charge in [-0.3, -0.25) is 9.36 Å². The van der Waals surface area contributed by atoms with Crippen molar-refractivity contribution >= 4 is 21.9 Å². The number of benzene rings is 1. The second kappa shape index (κ2) is 10.1. The highest BCUT2D eigenvalue weighted by Crippen LogP contribution is 2.31. The van der Waals surface area contributed by atoms with Crippen LogP contribution in [0.25, 0.3) is 5.69 Å². The fourth-order valence-corrected chi connectivity index (χ4v) is 4.79. The SMILES string of the molecule is COCCN1Cc2c(C(=O)NCC3CC3)ncn2-c2ccccc2S1(=O)=O.O=C(O)C(F)(F)F. The Labute approximate surface area is 193 Å². The fraction of sp³-hybridized carbons (Fsp3) is 0.450. The van der Waals surface area contributed by atoms with Crippen molar-refractivity contribution < 1.29 is 41.0 Å². The Hall–Kier alpha value is -2.97. The minimum absolute atomic E-state index is 0.0621. The zero-order valence-electron chi connectivity index (χ0n) is 18.1. The van der Waals surface area contributed by atoms with Gasteiger partial charge in [0.15, 0.2) is 5.69 Å². The fourth-order valence-electron chi connectivity index (χ4n) is 3.22. The van der Waals surface area contributed by atoms with E-state index in [2.05, 4.69) is 10.3 Å². The van der Waals surface area contributed by atoms with Gasteiger partial charge in [-0.25, -0.2) is 18.2 Å². The number of nitrogens with zero attached hydrogens (tertiary/aromatic N) is 3. The van der Waals surface area contributed by atoms with Crippen LogP contribution in [0.15, 0.2) is 35.5 Å². The Morgan fingerprint density at radius 1 is 1.26 bits per heavy atom. The van der Waals surface area contributed by atoms with Gasteiger partial charge in [0.05, 0.1) is 24.5 Å². The molecule has 1 amide bonds. The number of hydrogen-bond donors (Lipinski definition) is 2. The van der Waals surface area contributed by atoms with Crippen LogP contribution in [0.5, 0.6) is 0 Å². The first kappa shape index (κ1) is 25.6. The van der Waals surface area contributed by atoms with Gasteiger partial charge in [-0.2, -0.15) is 17.5 Å². The van der Waals surface area contributed by atoms with Gasteiger partial charge in [-0.15, -0.1) is 0 Å². The summed E-state index contributed by atoms with van der Waals surface area (Å²) in [4.78, 5) is 26.0. The molecule has 2 aliphatic rings. The van der Waals surface area contributed by atoms with Crippen LogP contribution in [0.1, 0.15) is 29.0 Å². The summed E-state index contributed by atoms with van der Waals surface area (Å²) in [5, 5.41) is 10.0. The zero-order chi connectivity index (χ0) is 25.1. The Morgan fingerprint density at radius 3 is 2.50 bits per heavy atom. The second-order valence-electron chi connectivity index (χ2n) is 7.67. The number of alkyl halides is 3. The average Bonchev–Trinajstić information content (AvgIpc) is 3.53. The van der Waals surface area contributed by atoms with Crippen LogP contribution in [-0.4, -0.2) is 72.2 Å². The number of para-hydroxylation sites is 1. The third-order valence-electron chi connectivity index (χ3n) is 5.19. The van der Waals surface area contributed by atoms with E-state index in [1.807, 2.05) is 0 Å². The van der Waals surface area contributed by atoms with Crippen molar-refractivity contribution in [1.82, 2.24) is 19.2 Å². The molecule has 1 fully saturated rings. The minimum atomic E-state index is -5.08. The number of carboxylic acid groups (broad SMARTS) is 1. The number of halogens is 3. The summed E-state index contributed by atoms with van der Waals surface area (Å²) in [7, 11) is -2.19. The molecule has 4 rings (SSSR count). The maximum Gasteiger partial charge on any atom is 0.490 e. The van der Waals surface area contributed by atoms with E-state index in [1.165, 1.54) is 17.7 Å². The molecule has 0 spiro atoms. The molecule has 0 unspecified atom stereocenters. The van der Waals surface area contributed by atoms with Crippen LogP contribution in [0.4, 0.5) is 13.2 Å². The van der Waals surface area contributed by atoms with Crippen LogP contribution < -0.4 is 5.32 Å². The third-order valence-corrected chi connectivity index (χ3v) is 7.08. The second-order valence-corrected chi connectivity index (χ2v) is 9.57. The van der Waals surface area contributed by atoms with Crippen molar-refractivity contribution in [2.24, 2.45) is 5.92 Å². The number of carbonyl (C=O) groups excluding carboxylic acids is 1. The van der Waals surface area contributed by atoms with Crippen molar-refractivity contribution in [3.05, 3.63) is 42.0 Å². The third kappa shape index (κ3) is 5.74. The first-order valence-electron chi connectivity index (χ1n) is 10.2. The highest BCUT2D eigenvalue weighted by Gasteiger charge is 2.38. The molecule has 2 aromatic rings. The predicted octanol–water partition coefficient (Wildman–Crippen LogP) is 1.80. The molecule has 1 aliphatic heterocycles. The first-order chi connectivity index (χ1) is 16.0. The summed E-state index contributed by atoms with van der Waals surface area (Å²) in [5.41, 5.74) is 1.33. The number of fused-ring (bicyclic) bond motifs is 3. The summed E-state index contributed by atoms with van der Waals surface area (Å²) >= 11 is 0. The van der Waals surface area contributed by atoms with E-state index in [1.54, 1.807) is 28.8 Å². The number of amides is 1. The van der Waals surface area contributed by atoms with Crippen molar-refractivity contribution in [2.45, 2.75) is 30.5 Å². The molecule has 14 heteroatoms. The Kier molecular flexibility index (Phi) is 7.63. The van der Waals surface area contributed by atoms with E-state index in [0.717, 1.165) is 12.8 Å². The lowest BCUT2D eigenvalue weighted by Gasteiger charge is -2.19. The van der Waals surface area contributed by atoms with Crippen molar-refractivity contribution in [2.75, 3.05) is 26.8 Å². The molecule has 1 saturated carbocycles. The number of hydrogen-bond acceptors (Lipinski definition) is 6. The highest BCUT2D eigenvalue weighted by molar-refractivity contribution is 7.89. The summed E-state index contributed by atoms with van der Waals surface area (Å²) < 4.78 is 66.1. The van der Waals surface area contributed by atoms with Gasteiger partial charge in [0.2, 0.25) is 10.0 Å². The molecule has 34 heavy (non-hydrogen) atoms. The largest absolute Gasteiger partial charge is 0.490 e. The maximum atomic E-state index is 13.1. The maximum absolute atomic E-state index is 13.1. The zero-order valence-corrected chi connectivity index (χ0v) is 18.9. The minimum Gasteiger partial charge on any atom is -0.475 e. The van der Waals surface area contributed by atoms with Gasteiger partial charge in [0.25, 0.3) is 5.91 Å². The van der Waals surface area contributed by atoms with Gasteiger partial charge in [-0.1, -0.05) is 12.1 Å². The van der Waals surface area contributed by atoms with E-state index >= 15 is 0 Å². The van der Waals surface area contributed by atoms with Crippen molar-refractivity contribution in [1.29, 1.82) is 0 Å². The molecule has 0 saturated heterocycles. The molecule has 0 atom stereocenters. The van der Waals surface area contributed by atoms with Gasteiger partial charge < -0.3 is 15.2 Å². The number of rotatable bonds is 6. The lowest BCUT2D eigenvalue weighted by atomic mass is 10.2. The molecular formula is C20H23F3N4O6S. The van der Waals surface area contributed by atoms with Crippen LogP contribution in [0, 0.1) is 5.92 Å². The monoisotopic (exact) mass is 504 g/mol. The molecule has 1 aromatic carbocycles. The van der Waals surface area contributed by atoms with Gasteiger partial charge in [0, 0.05) is 20.2 Å². The van der Waals surface area contributed by atoms with Crippen LogP contribution in [-0.2, 0) is 26.1 Å². The lowest BCUT2D eigenvalue weighted by Crippen LogP contribution is -2.34. The number of nitrogens with one attached hydrogen (secondary N) is 1. The highest BCUT2D eigenvalue weighted by atomic mass is 32.2. The number of aromatic nitrogens is 2. The van der Waals surface area contributed by atoms with Crippen LogP contribution in [0.2, 0.25) is 0 Å². The molecular weight excluding hydrogens is 481 g/mol. The number of carbonyl (C=O) groups is 2. The smallest absolute Gasteiger partial charge is 0.475 e. The number of carboxylic acids is 1. The predicted molar refractivity (Wildman–Crippen MR) is 112 cm³/mol. The number of aliphatic carboxylic acids is 1. The average molecular weight is 504 g/mol. The molecule has 2 heterocycles. The van der Waals surface area contributed by atoms with Gasteiger partial charge in [-0.05, 0) is 30.9 Å². The quantitative estimate of drug-likeness (QED) is 0.613. The van der Waals surface area contributed by atoms with E-state index in [4.69, 9.17) is 14.6 Å². The summed E-state index contributed by atoms with van der Waals surface area (Å²) in [6, 6.07) is 6.77. The van der Waals surface area contributed by atoms with Crippen LogP contribution in [0.3, 0.4) is 0 Å². The van der Waals surface area contributed by atoms with E-state index in [9.17, 15) is 26.4 Å². The number of ether oxygens (including phenoxy) is 1. The van der Waals surface area contributed by atoms with Crippen molar-refractivity contribution in [3.8, 4) is 5.69 Å².